The fourth-order valence-electron chi connectivity index (χ4n) is 4.03. The van der Waals surface area contributed by atoms with Crippen LogP contribution in [0.1, 0.15) is 30.1 Å². The van der Waals surface area contributed by atoms with Gasteiger partial charge in [-0.1, -0.05) is 0 Å². The number of hydrogen-bond donors (Lipinski definition) is 2. The van der Waals surface area contributed by atoms with Gasteiger partial charge in [0.05, 0.1) is 12.2 Å². The summed E-state index contributed by atoms with van der Waals surface area (Å²) < 4.78 is 15.4. The zero-order valence-corrected chi connectivity index (χ0v) is 16.6. The van der Waals surface area contributed by atoms with Gasteiger partial charge in [-0.05, 0) is 37.1 Å². The first-order valence-electron chi connectivity index (χ1n) is 10.1. The summed E-state index contributed by atoms with van der Waals surface area (Å²) in [4.78, 5) is 30.0. The molecule has 9 nitrogen and oxygen atoms in total. The SMILES string of the molecule is O=c1[nH]cc(F)cc1[C@H]1CCCN1c1ccc2ncc(-c3nccc(CCO)n3)n2n1. The number of halogens is 1. The fourth-order valence-corrected chi connectivity index (χ4v) is 4.03. The average Bonchev–Trinajstić information content (AvgIpc) is 3.42. The van der Waals surface area contributed by atoms with Crippen molar-refractivity contribution in [2.45, 2.75) is 25.3 Å². The second kappa shape index (κ2) is 7.88. The van der Waals surface area contributed by atoms with Crippen LogP contribution < -0.4 is 10.5 Å². The molecule has 0 aromatic carbocycles. The molecule has 158 valence electrons. The van der Waals surface area contributed by atoms with E-state index in [9.17, 15) is 14.3 Å². The Hall–Kier alpha value is -3.66. The molecule has 1 atom stereocenters. The fraction of sp³-hybridized carbons (Fsp3) is 0.286. The molecule has 1 aliphatic heterocycles. The number of rotatable bonds is 5. The molecule has 5 rings (SSSR count). The van der Waals surface area contributed by atoms with E-state index in [0.29, 0.717) is 41.5 Å². The maximum Gasteiger partial charge on any atom is 0.253 e. The highest BCUT2D eigenvalue weighted by Crippen LogP contribution is 2.34. The monoisotopic (exact) mass is 421 g/mol. The van der Waals surface area contributed by atoms with Crippen molar-refractivity contribution in [1.29, 1.82) is 0 Å². The van der Waals surface area contributed by atoms with E-state index in [4.69, 9.17) is 5.10 Å². The van der Waals surface area contributed by atoms with Crippen LogP contribution in [-0.2, 0) is 6.42 Å². The Morgan fingerprint density at radius 1 is 1.26 bits per heavy atom. The maximum atomic E-state index is 13.8. The molecule has 31 heavy (non-hydrogen) atoms. The van der Waals surface area contributed by atoms with Crippen LogP contribution in [0.15, 0.2) is 47.7 Å². The van der Waals surface area contributed by atoms with Gasteiger partial charge in [0, 0.05) is 43.2 Å². The molecule has 4 aromatic rings. The smallest absolute Gasteiger partial charge is 0.253 e. The molecule has 0 saturated carbocycles. The van der Waals surface area contributed by atoms with Crippen LogP contribution in [0.5, 0.6) is 0 Å². The molecule has 0 aliphatic carbocycles. The molecule has 2 N–H and O–H groups in total. The summed E-state index contributed by atoms with van der Waals surface area (Å²) in [5.41, 5.74) is 2.08. The van der Waals surface area contributed by atoms with Crippen LogP contribution >= 0.6 is 0 Å². The Labute approximate surface area is 176 Å². The quantitative estimate of drug-likeness (QED) is 0.506. The topological polar surface area (TPSA) is 112 Å². The number of H-pyrrole nitrogens is 1. The van der Waals surface area contributed by atoms with E-state index in [0.717, 1.165) is 24.7 Å². The van der Waals surface area contributed by atoms with Crippen LogP contribution in [0.25, 0.3) is 17.2 Å². The zero-order valence-electron chi connectivity index (χ0n) is 16.6. The number of fused-ring (bicyclic) bond motifs is 1. The van der Waals surface area contributed by atoms with Gasteiger partial charge in [0.1, 0.15) is 17.3 Å². The van der Waals surface area contributed by atoms with E-state index < -0.39 is 5.82 Å². The number of nitrogens with zero attached hydrogens (tertiary/aromatic N) is 6. The van der Waals surface area contributed by atoms with Gasteiger partial charge in [-0.2, -0.15) is 0 Å². The highest BCUT2D eigenvalue weighted by atomic mass is 19.1. The normalized spacial score (nSPS) is 16.3. The lowest BCUT2D eigenvalue weighted by molar-refractivity contribution is 0.298. The standard InChI is InChI=1S/C21H20FN7O2/c22-13-10-15(21(31)25-11-13)16-2-1-8-28(16)19-4-3-18-24-12-17(29(18)27-19)20-23-7-5-14(26-20)6-9-30/h3-5,7,10-12,16,30H,1-2,6,8-9H2,(H,25,31)/t16-/m1/s1. The Kier molecular flexibility index (Phi) is 4.91. The summed E-state index contributed by atoms with van der Waals surface area (Å²) in [5.74, 6) is 0.647. The molecule has 1 saturated heterocycles. The van der Waals surface area contributed by atoms with Crippen molar-refractivity contribution >= 4 is 11.5 Å². The first-order chi connectivity index (χ1) is 15.1. The van der Waals surface area contributed by atoms with Crippen LogP contribution in [0.3, 0.4) is 0 Å². The highest BCUT2D eigenvalue weighted by Gasteiger charge is 2.30. The van der Waals surface area contributed by atoms with Crippen molar-refractivity contribution in [2.75, 3.05) is 18.1 Å². The minimum absolute atomic E-state index is 0.00155. The predicted molar refractivity (Wildman–Crippen MR) is 111 cm³/mol. The van der Waals surface area contributed by atoms with Gasteiger partial charge in [0.15, 0.2) is 11.5 Å². The third-order valence-electron chi connectivity index (χ3n) is 5.46. The first kappa shape index (κ1) is 19.3. The molecule has 10 heteroatoms. The van der Waals surface area contributed by atoms with E-state index in [1.165, 1.54) is 6.07 Å². The van der Waals surface area contributed by atoms with Crippen molar-refractivity contribution in [3.8, 4) is 11.5 Å². The van der Waals surface area contributed by atoms with Crippen molar-refractivity contribution in [3.05, 3.63) is 70.3 Å². The molecule has 0 radical (unpaired) electrons. The molecule has 0 unspecified atom stereocenters. The van der Waals surface area contributed by atoms with Gasteiger partial charge in [-0.25, -0.2) is 23.9 Å². The zero-order chi connectivity index (χ0) is 21.4. The van der Waals surface area contributed by atoms with Crippen LogP contribution in [0.2, 0.25) is 0 Å². The van der Waals surface area contributed by atoms with Crippen molar-refractivity contribution < 1.29 is 9.50 Å². The Morgan fingerprint density at radius 2 is 2.16 bits per heavy atom. The Morgan fingerprint density at radius 3 is 3.03 bits per heavy atom. The van der Waals surface area contributed by atoms with Crippen LogP contribution in [0.4, 0.5) is 10.2 Å². The molecule has 0 bridgehead atoms. The number of aliphatic hydroxyl groups excluding tert-OH is 1. The van der Waals surface area contributed by atoms with E-state index in [2.05, 4.69) is 19.9 Å². The summed E-state index contributed by atoms with van der Waals surface area (Å²) in [6.45, 7) is 0.702. The Balaban J connectivity index is 1.55. The molecular formula is C21H20FN7O2. The molecule has 1 fully saturated rings. The van der Waals surface area contributed by atoms with Crippen LogP contribution in [0, 0.1) is 5.82 Å². The summed E-state index contributed by atoms with van der Waals surface area (Å²) in [6, 6.07) is 6.48. The minimum Gasteiger partial charge on any atom is -0.396 e. The number of imidazole rings is 1. The van der Waals surface area contributed by atoms with E-state index in [1.807, 2.05) is 17.0 Å². The van der Waals surface area contributed by atoms with Gasteiger partial charge in [-0.3, -0.25) is 4.79 Å². The van der Waals surface area contributed by atoms with Gasteiger partial charge in [0.25, 0.3) is 5.56 Å². The number of aromatic nitrogens is 6. The summed E-state index contributed by atoms with van der Waals surface area (Å²) >= 11 is 0. The predicted octanol–water partition coefficient (Wildman–Crippen LogP) is 1.89. The van der Waals surface area contributed by atoms with Gasteiger partial charge >= 0.3 is 0 Å². The lowest BCUT2D eigenvalue weighted by atomic mass is 10.1. The molecule has 4 aromatic heterocycles. The second-order valence-corrected chi connectivity index (χ2v) is 7.40. The molecule has 1 aliphatic rings. The summed E-state index contributed by atoms with van der Waals surface area (Å²) in [5, 5.41) is 13.9. The molecule has 0 spiro atoms. The molecule has 0 amide bonds. The number of nitrogens with one attached hydrogen (secondary N) is 1. The number of aliphatic hydroxyl groups is 1. The van der Waals surface area contributed by atoms with Gasteiger partial charge < -0.3 is 15.0 Å². The third-order valence-corrected chi connectivity index (χ3v) is 5.46. The average molecular weight is 421 g/mol. The number of hydrogen-bond acceptors (Lipinski definition) is 7. The second-order valence-electron chi connectivity index (χ2n) is 7.40. The third kappa shape index (κ3) is 3.55. The van der Waals surface area contributed by atoms with Crippen molar-refractivity contribution in [3.63, 3.8) is 0 Å². The highest BCUT2D eigenvalue weighted by molar-refractivity contribution is 5.58. The first-order valence-corrected chi connectivity index (χ1v) is 10.1. The Bertz CT molecular complexity index is 1300. The van der Waals surface area contributed by atoms with E-state index in [1.54, 1.807) is 23.0 Å². The number of anilines is 1. The molecule has 5 heterocycles. The van der Waals surface area contributed by atoms with Crippen LogP contribution in [-0.4, -0.2) is 47.8 Å². The minimum atomic E-state index is -0.471. The van der Waals surface area contributed by atoms with Crippen molar-refractivity contribution in [1.82, 2.24) is 29.5 Å². The summed E-state index contributed by atoms with van der Waals surface area (Å²) in [7, 11) is 0. The maximum absolute atomic E-state index is 13.8. The summed E-state index contributed by atoms with van der Waals surface area (Å²) in [6.07, 6.45) is 6.39. The van der Waals surface area contributed by atoms with E-state index in [-0.39, 0.29) is 18.2 Å². The lowest BCUT2D eigenvalue weighted by Crippen LogP contribution is -2.29. The van der Waals surface area contributed by atoms with Crippen molar-refractivity contribution in [2.24, 2.45) is 0 Å². The number of pyridine rings is 1. The van der Waals surface area contributed by atoms with E-state index >= 15 is 0 Å². The number of aromatic amines is 1. The van der Waals surface area contributed by atoms with Gasteiger partial charge in [-0.15, -0.1) is 5.10 Å². The largest absolute Gasteiger partial charge is 0.396 e. The van der Waals surface area contributed by atoms with Gasteiger partial charge in [0.2, 0.25) is 0 Å². The lowest BCUT2D eigenvalue weighted by Gasteiger charge is -2.25. The molecular weight excluding hydrogens is 401 g/mol.